The zero-order valence-electron chi connectivity index (χ0n) is 17.0. The van der Waals surface area contributed by atoms with Crippen LogP contribution in [0.2, 0.25) is 0 Å². The number of nitrogens with zero attached hydrogens (tertiary/aromatic N) is 3. The maximum atomic E-state index is 13.6. The van der Waals surface area contributed by atoms with Crippen molar-refractivity contribution >= 4 is 17.4 Å². The largest absolute Gasteiger partial charge is 0.496 e. The molecule has 1 aliphatic rings. The fourth-order valence-electron chi connectivity index (χ4n) is 3.06. The number of aryl methyl sites for hydroxylation is 2. The van der Waals surface area contributed by atoms with E-state index in [-0.39, 0.29) is 6.54 Å². The molecule has 1 heterocycles. The van der Waals surface area contributed by atoms with Crippen LogP contribution in [0, 0.1) is 18.6 Å². The molecule has 7 heteroatoms. The first-order valence-electron chi connectivity index (χ1n) is 9.31. The molecule has 0 amide bonds. The number of hydrazone groups is 1. The summed E-state index contributed by atoms with van der Waals surface area (Å²) in [6, 6.07) is 7.31. The highest BCUT2D eigenvalue weighted by molar-refractivity contribution is 6.04. The minimum absolute atomic E-state index is 0.154. The van der Waals surface area contributed by atoms with Gasteiger partial charge in [-0.2, -0.15) is 5.10 Å². The summed E-state index contributed by atoms with van der Waals surface area (Å²) < 4.78 is 32.6. The summed E-state index contributed by atoms with van der Waals surface area (Å²) in [6.45, 7) is 9.90. The second-order valence-electron chi connectivity index (χ2n) is 6.86. The second kappa shape index (κ2) is 8.43. The molecule has 0 atom stereocenters. The van der Waals surface area contributed by atoms with Crippen LogP contribution >= 0.6 is 0 Å². The molecular weight excluding hydrogens is 374 g/mol. The Morgan fingerprint density at radius 1 is 1.14 bits per heavy atom. The van der Waals surface area contributed by atoms with Crippen LogP contribution in [0.1, 0.15) is 30.5 Å². The van der Waals surface area contributed by atoms with E-state index in [0.717, 1.165) is 35.1 Å². The van der Waals surface area contributed by atoms with Crippen molar-refractivity contribution < 1.29 is 13.5 Å². The topological polar surface area (TPSA) is 49.2 Å². The lowest BCUT2D eigenvalue weighted by molar-refractivity contribution is 0.409. The van der Waals surface area contributed by atoms with E-state index in [1.54, 1.807) is 19.0 Å². The molecule has 2 aromatic carbocycles. The molecule has 0 fully saturated rings. The number of nitrogens with one attached hydrogen (secondary N) is 1. The van der Waals surface area contributed by atoms with E-state index in [9.17, 15) is 8.78 Å². The molecule has 1 aliphatic heterocycles. The lowest BCUT2D eigenvalue weighted by atomic mass is 10.1. The number of guanidine groups is 1. The first-order chi connectivity index (χ1) is 13.8. The normalized spacial score (nSPS) is 15.4. The smallest absolute Gasteiger partial charge is 0.224 e. The molecule has 0 saturated heterocycles. The van der Waals surface area contributed by atoms with Gasteiger partial charge in [0.1, 0.15) is 17.4 Å². The lowest BCUT2D eigenvalue weighted by Gasteiger charge is -2.28. The van der Waals surface area contributed by atoms with E-state index >= 15 is 0 Å². The number of ether oxygens (including phenoxy) is 1. The van der Waals surface area contributed by atoms with E-state index in [0.29, 0.717) is 22.9 Å². The predicted octanol–water partition coefficient (Wildman–Crippen LogP) is 4.83. The van der Waals surface area contributed by atoms with Crippen LogP contribution in [0.3, 0.4) is 0 Å². The summed E-state index contributed by atoms with van der Waals surface area (Å²) in [5.41, 5.74) is 4.45. The Hall–Kier alpha value is -3.22. The highest BCUT2D eigenvalue weighted by Crippen LogP contribution is 2.29. The Morgan fingerprint density at radius 2 is 1.83 bits per heavy atom. The van der Waals surface area contributed by atoms with Crippen molar-refractivity contribution in [3.63, 3.8) is 0 Å². The van der Waals surface area contributed by atoms with Gasteiger partial charge in [0.2, 0.25) is 5.96 Å². The van der Waals surface area contributed by atoms with Crippen molar-refractivity contribution in [2.45, 2.75) is 33.7 Å². The Kier molecular flexibility index (Phi) is 5.96. The minimum Gasteiger partial charge on any atom is -0.496 e. The number of halogens is 2. The molecule has 29 heavy (non-hydrogen) atoms. The van der Waals surface area contributed by atoms with E-state index in [1.807, 2.05) is 26.0 Å². The molecule has 2 aromatic rings. The van der Waals surface area contributed by atoms with E-state index < -0.39 is 11.6 Å². The van der Waals surface area contributed by atoms with Crippen LogP contribution in [0.4, 0.5) is 14.5 Å². The van der Waals surface area contributed by atoms with Crippen molar-refractivity contribution in [3.05, 3.63) is 70.9 Å². The summed E-state index contributed by atoms with van der Waals surface area (Å²) in [5.74, 6) is -0.0178. The van der Waals surface area contributed by atoms with Gasteiger partial charge in [0.15, 0.2) is 0 Å². The van der Waals surface area contributed by atoms with E-state index in [4.69, 9.17) is 9.73 Å². The Balaban J connectivity index is 2.02. The van der Waals surface area contributed by atoms with Gasteiger partial charge < -0.3 is 10.1 Å². The minimum atomic E-state index is -0.632. The van der Waals surface area contributed by atoms with Crippen LogP contribution < -0.4 is 10.1 Å². The Bertz CT molecular complexity index is 994. The average Bonchev–Trinajstić information content (AvgIpc) is 2.66. The quantitative estimate of drug-likeness (QED) is 0.785. The van der Waals surface area contributed by atoms with Crippen LogP contribution in [0.15, 0.2) is 52.7 Å². The highest BCUT2D eigenvalue weighted by Gasteiger charge is 2.21. The van der Waals surface area contributed by atoms with E-state index in [2.05, 4.69) is 17.0 Å². The van der Waals surface area contributed by atoms with Gasteiger partial charge >= 0.3 is 0 Å². The van der Waals surface area contributed by atoms with Gasteiger partial charge in [0, 0.05) is 6.07 Å². The summed E-state index contributed by atoms with van der Waals surface area (Å²) in [7, 11) is 1.64. The van der Waals surface area contributed by atoms with Crippen LogP contribution in [-0.4, -0.2) is 23.8 Å². The summed E-state index contributed by atoms with van der Waals surface area (Å²) in [6.07, 6.45) is 0.797. The van der Waals surface area contributed by atoms with Crippen LogP contribution in [-0.2, 0) is 13.0 Å². The molecule has 0 aliphatic carbocycles. The maximum absolute atomic E-state index is 13.6. The van der Waals surface area contributed by atoms with Crippen molar-refractivity contribution in [1.29, 1.82) is 0 Å². The first-order valence-corrected chi connectivity index (χ1v) is 9.31. The number of rotatable bonds is 5. The van der Waals surface area contributed by atoms with Gasteiger partial charge in [-0.05, 0) is 61.2 Å². The molecule has 0 unspecified atom stereocenters. The number of hydrogen-bond acceptors (Lipinski definition) is 3. The molecule has 0 aromatic heterocycles. The third-order valence-electron chi connectivity index (χ3n) is 4.68. The molecular formula is C22H24F2N4O. The molecule has 3 rings (SSSR count). The van der Waals surface area contributed by atoms with E-state index in [1.165, 1.54) is 12.1 Å². The highest BCUT2D eigenvalue weighted by atomic mass is 19.1. The first kappa shape index (κ1) is 20.5. The van der Waals surface area contributed by atoms with Gasteiger partial charge in [0.25, 0.3) is 0 Å². The monoisotopic (exact) mass is 398 g/mol. The van der Waals surface area contributed by atoms with Crippen LogP contribution in [0.25, 0.3) is 0 Å². The van der Waals surface area contributed by atoms with Crippen molar-refractivity contribution in [2.24, 2.45) is 10.1 Å². The predicted molar refractivity (Wildman–Crippen MR) is 111 cm³/mol. The fraction of sp³-hybridized carbons (Fsp3) is 0.273. The van der Waals surface area contributed by atoms with Crippen molar-refractivity contribution in [1.82, 2.24) is 10.3 Å². The lowest BCUT2D eigenvalue weighted by Crippen LogP contribution is -2.43. The van der Waals surface area contributed by atoms with Gasteiger partial charge in [0.05, 0.1) is 30.8 Å². The van der Waals surface area contributed by atoms with Crippen molar-refractivity contribution in [3.8, 4) is 5.75 Å². The van der Waals surface area contributed by atoms with Crippen LogP contribution in [0.5, 0.6) is 5.75 Å². The van der Waals surface area contributed by atoms with Gasteiger partial charge in [-0.15, -0.1) is 0 Å². The second-order valence-corrected chi connectivity index (χ2v) is 6.86. The zero-order valence-corrected chi connectivity index (χ0v) is 17.0. The third-order valence-corrected chi connectivity index (χ3v) is 4.68. The van der Waals surface area contributed by atoms with Gasteiger partial charge in [-0.1, -0.05) is 13.5 Å². The number of benzene rings is 2. The molecule has 0 radical (unpaired) electrons. The molecule has 0 saturated carbocycles. The Morgan fingerprint density at radius 3 is 2.45 bits per heavy atom. The molecule has 1 N–H and O–H groups in total. The average molecular weight is 398 g/mol. The number of allylic oxidation sites excluding steroid dienone is 1. The number of hydrogen-bond donors (Lipinski definition) is 1. The number of methoxy groups -OCH3 is 1. The van der Waals surface area contributed by atoms with Gasteiger partial charge in [-0.25, -0.2) is 18.8 Å². The molecule has 152 valence electrons. The molecule has 0 bridgehead atoms. The maximum Gasteiger partial charge on any atom is 0.224 e. The summed E-state index contributed by atoms with van der Waals surface area (Å²) in [5, 5.41) is 9.21. The SMILES string of the molecule is C=C1NC(=Nc2cc(CC)c(OC)cc2C)N(Cc2cc(F)cc(F)c2)N=C1C. The molecule has 5 nitrogen and oxygen atoms in total. The molecule has 0 spiro atoms. The standard InChI is InChI=1S/C22H24F2N4O/c1-6-17-10-20(13(2)7-21(17)29-5)26-22-25-14(3)15(4)27-28(22)12-16-8-18(23)11-19(24)9-16/h7-11H,3,6,12H2,1-2,4-5H3,(H,25,26). The van der Waals surface area contributed by atoms with Gasteiger partial charge in [-0.3, -0.25) is 0 Å². The number of aliphatic imine (C=N–C) groups is 1. The summed E-state index contributed by atoms with van der Waals surface area (Å²) in [4.78, 5) is 4.73. The fourth-order valence-corrected chi connectivity index (χ4v) is 3.06. The summed E-state index contributed by atoms with van der Waals surface area (Å²) >= 11 is 0. The van der Waals surface area contributed by atoms with Crippen molar-refractivity contribution in [2.75, 3.05) is 7.11 Å². The third kappa shape index (κ3) is 4.62. The Labute approximate surface area is 169 Å². The zero-order chi connectivity index (χ0) is 21.1.